The van der Waals surface area contributed by atoms with Gasteiger partial charge in [-0.3, -0.25) is 14.3 Å². The molecule has 0 radical (unpaired) electrons. The maximum atomic E-state index is 12.0. The van der Waals surface area contributed by atoms with Crippen molar-refractivity contribution in [3.8, 4) is 0 Å². The van der Waals surface area contributed by atoms with Gasteiger partial charge in [0, 0.05) is 17.8 Å². The molecule has 1 N–H and O–H groups in total. The van der Waals surface area contributed by atoms with Crippen LogP contribution in [0, 0.1) is 0 Å². The number of nitrogens with one attached hydrogen (secondary N) is 1. The van der Waals surface area contributed by atoms with Gasteiger partial charge < -0.3 is 10.1 Å². The Morgan fingerprint density at radius 2 is 2.36 bits per heavy atom. The summed E-state index contributed by atoms with van der Waals surface area (Å²) in [4.78, 5) is 28.3. The molecule has 118 valence electrons. The third-order valence-electron chi connectivity index (χ3n) is 3.08. The molecule has 7 nitrogen and oxygen atoms in total. The van der Waals surface area contributed by atoms with Crippen molar-refractivity contribution in [2.75, 3.05) is 7.11 Å². The lowest BCUT2D eigenvalue weighted by Gasteiger charge is -2.16. The largest absolute Gasteiger partial charge is 0.469 e. The van der Waals surface area contributed by atoms with E-state index in [0.29, 0.717) is 19.4 Å². The van der Waals surface area contributed by atoms with Crippen molar-refractivity contribution in [3.05, 3.63) is 35.0 Å². The van der Waals surface area contributed by atoms with Crippen molar-refractivity contribution in [1.29, 1.82) is 0 Å². The quantitative estimate of drug-likeness (QED) is 0.745. The summed E-state index contributed by atoms with van der Waals surface area (Å²) in [7, 11) is 1.34. The second kappa shape index (κ2) is 8.28. The minimum atomic E-state index is -0.346. The first-order chi connectivity index (χ1) is 10.7. The second-order valence-corrected chi connectivity index (χ2v) is 5.66. The number of esters is 1. The highest BCUT2D eigenvalue weighted by molar-refractivity contribution is 7.10. The molecular formula is C14H18N4O3S. The third-order valence-corrected chi connectivity index (χ3v) is 4.06. The molecule has 0 unspecified atom stereocenters. The number of aromatic nitrogens is 3. The van der Waals surface area contributed by atoms with Crippen LogP contribution in [0.4, 0.5) is 0 Å². The Kier molecular flexibility index (Phi) is 6.08. The lowest BCUT2D eigenvalue weighted by Crippen LogP contribution is -2.30. The van der Waals surface area contributed by atoms with Gasteiger partial charge in [0.1, 0.15) is 12.7 Å². The van der Waals surface area contributed by atoms with E-state index < -0.39 is 0 Å². The number of ether oxygens (including phenoxy) is 1. The summed E-state index contributed by atoms with van der Waals surface area (Å²) in [6.45, 7) is 0.633. The maximum absolute atomic E-state index is 12.0. The van der Waals surface area contributed by atoms with E-state index in [0.717, 1.165) is 4.88 Å². The molecule has 0 aliphatic carbocycles. The fourth-order valence-electron chi connectivity index (χ4n) is 1.98. The van der Waals surface area contributed by atoms with Crippen LogP contribution in [0.3, 0.4) is 0 Å². The van der Waals surface area contributed by atoms with Gasteiger partial charge in [-0.2, -0.15) is 5.10 Å². The number of methoxy groups -OCH3 is 1. The van der Waals surface area contributed by atoms with Crippen LogP contribution in [0.2, 0.25) is 0 Å². The number of nitrogens with zero attached hydrogens (tertiary/aromatic N) is 3. The van der Waals surface area contributed by atoms with Gasteiger partial charge in [0.15, 0.2) is 0 Å². The molecule has 0 saturated heterocycles. The molecule has 0 fully saturated rings. The Labute approximate surface area is 132 Å². The minimum absolute atomic E-state index is 0.0950. The summed E-state index contributed by atoms with van der Waals surface area (Å²) in [5.74, 6) is -0.441. The van der Waals surface area contributed by atoms with Crippen LogP contribution in [0.15, 0.2) is 30.2 Å². The number of thiophene rings is 1. The van der Waals surface area contributed by atoms with Gasteiger partial charge >= 0.3 is 5.97 Å². The van der Waals surface area contributed by atoms with E-state index in [1.807, 2.05) is 17.5 Å². The van der Waals surface area contributed by atoms with Gasteiger partial charge in [-0.05, 0) is 17.9 Å². The van der Waals surface area contributed by atoms with Crippen molar-refractivity contribution < 1.29 is 14.3 Å². The highest BCUT2D eigenvalue weighted by Gasteiger charge is 2.19. The summed E-state index contributed by atoms with van der Waals surface area (Å²) >= 11 is 1.50. The molecule has 2 rings (SSSR count). The first-order valence-corrected chi connectivity index (χ1v) is 7.79. The van der Waals surface area contributed by atoms with Crippen LogP contribution in [-0.2, 0) is 20.9 Å². The monoisotopic (exact) mass is 322 g/mol. The van der Waals surface area contributed by atoms with Gasteiger partial charge in [0.05, 0.1) is 19.6 Å². The highest BCUT2D eigenvalue weighted by atomic mass is 32.1. The van der Waals surface area contributed by atoms with Crippen molar-refractivity contribution >= 4 is 23.2 Å². The van der Waals surface area contributed by atoms with E-state index in [-0.39, 0.29) is 24.3 Å². The molecule has 0 saturated carbocycles. The van der Waals surface area contributed by atoms with Crippen molar-refractivity contribution in [2.24, 2.45) is 0 Å². The smallest absolute Gasteiger partial charge is 0.307 e. The lowest BCUT2D eigenvalue weighted by atomic mass is 10.1. The lowest BCUT2D eigenvalue weighted by molar-refractivity contribution is -0.141. The van der Waals surface area contributed by atoms with Crippen molar-refractivity contribution in [1.82, 2.24) is 20.1 Å². The van der Waals surface area contributed by atoms with Gasteiger partial charge in [0.2, 0.25) is 5.91 Å². The molecule has 0 aromatic carbocycles. The first kappa shape index (κ1) is 16.2. The number of rotatable bonds is 8. The molecule has 1 amide bonds. The normalized spacial score (nSPS) is 11.9. The summed E-state index contributed by atoms with van der Waals surface area (Å²) < 4.78 is 6.37. The number of amides is 1. The standard InChI is InChI=1S/C14H18N4O3S/c1-21-14(20)8-11(12-4-3-7-22-12)17-13(19)5-2-6-18-10-15-9-16-18/h3-4,7,9-11H,2,5-6,8H2,1H3,(H,17,19)/t11-/m0/s1. The van der Waals surface area contributed by atoms with E-state index in [9.17, 15) is 9.59 Å². The molecule has 0 bridgehead atoms. The van der Waals surface area contributed by atoms with Crippen molar-refractivity contribution in [3.63, 3.8) is 0 Å². The van der Waals surface area contributed by atoms with E-state index >= 15 is 0 Å². The zero-order chi connectivity index (χ0) is 15.8. The van der Waals surface area contributed by atoms with Crippen LogP contribution in [-0.4, -0.2) is 33.8 Å². The molecular weight excluding hydrogens is 304 g/mol. The van der Waals surface area contributed by atoms with Crippen LogP contribution >= 0.6 is 11.3 Å². The fraction of sp³-hybridized carbons (Fsp3) is 0.429. The van der Waals surface area contributed by atoms with Gasteiger partial charge in [-0.15, -0.1) is 11.3 Å². The van der Waals surface area contributed by atoms with E-state index in [4.69, 9.17) is 0 Å². The average molecular weight is 322 g/mol. The van der Waals surface area contributed by atoms with E-state index in [2.05, 4.69) is 20.1 Å². The fourth-order valence-corrected chi connectivity index (χ4v) is 2.76. The molecule has 2 aromatic heterocycles. The number of aryl methyl sites for hydroxylation is 1. The SMILES string of the molecule is COC(=O)C[C@H](NC(=O)CCCn1cncn1)c1cccs1. The summed E-state index contributed by atoms with van der Waals surface area (Å²) in [6.07, 6.45) is 4.23. The molecule has 0 aliphatic heterocycles. The summed E-state index contributed by atoms with van der Waals surface area (Å²) in [6, 6.07) is 3.45. The Morgan fingerprint density at radius 1 is 1.50 bits per heavy atom. The predicted molar refractivity (Wildman–Crippen MR) is 81.1 cm³/mol. The third kappa shape index (κ3) is 4.96. The molecule has 22 heavy (non-hydrogen) atoms. The minimum Gasteiger partial charge on any atom is -0.469 e. The average Bonchev–Trinajstić information content (AvgIpc) is 3.19. The second-order valence-electron chi connectivity index (χ2n) is 4.68. The summed E-state index contributed by atoms with van der Waals surface area (Å²) in [5.41, 5.74) is 0. The molecule has 1 atom stereocenters. The van der Waals surface area contributed by atoms with Crippen LogP contribution in [0.1, 0.15) is 30.2 Å². The number of carbonyl (C=O) groups excluding carboxylic acids is 2. The first-order valence-electron chi connectivity index (χ1n) is 6.91. The van der Waals surface area contributed by atoms with E-state index in [1.165, 1.54) is 24.8 Å². The zero-order valence-electron chi connectivity index (χ0n) is 12.3. The number of hydrogen-bond acceptors (Lipinski definition) is 6. The van der Waals surface area contributed by atoms with Crippen LogP contribution < -0.4 is 5.32 Å². The summed E-state index contributed by atoms with van der Waals surface area (Å²) in [5, 5.41) is 8.78. The zero-order valence-corrected chi connectivity index (χ0v) is 13.1. The van der Waals surface area contributed by atoms with Gasteiger partial charge in [-0.1, -0.05) is 6.07 Å². The van der Waals surface area contributed by atoms with Gasteiger partial charge in [-0.25, -0.2) is 4.98 Å². The Balaban J connectivity index is 1.83. The molecule has 8 heteroatoms. The van der Waals surface area contributed by atoms with Crippen LogP contribution in [0.5, 0.6) is 0 Å². The molecule has 0 aliphatic rings. The Morgan fingerprint density at radius 3 is 3.00 bits per heavy atom. The van der Waals surface area contributed by atoms with E-state index in [1.54, 1.807) is 11.0 Å². The molecule has 2 heterocycles. The molecule has 0 spiro atoms. The number of carbonyl (C=O) groups is 2. The van der Waals surface area contributed by atoms with Crippen molar-refractivity contribution in [2.45, 2.75) is 31.8 Å². The highest BCUT2D eigenvalue weighted by Crippen LogP contribution is 2.22. The predicted octanol–water partition coefficient (Wildman–Crippen LogP) is 1.54. The van der Waals surface area contributed by atoms with Gasteiger partial charge in [0.25, 0.3) is 0 Å². The maximum Gasteiger partial charge on any atom is 0.307 e. The van der Waals surface area contributed by atoms with Crippen LogP contribution in [0.25, 0.3) is 0 Å². The Bertz CT molecular complexity index is 583. The topological polar surface area (TPSA) is 86.1 Å². The molecule has 2 aromatic rings. The Hall–Kier alpha value is -2.22. The number of hydrogen-bond donors (Lipinski definition) is 1.